The van der Waals surface area contributed by atoms with Gasteiger partial charge in [-0.1, -0.05) is 12.1 Å². The van der Waals surface area contributed by atoms with Crippen molar-refractivity contribution in [1.82, 2.24) is 4.90 Å². The molecule has 1 aliphatic heterocycles. The van der Waals surface area contributed by atoms with E-state index < -0.39 is 23.6 Å². The molecule has 0 saturated carbocycles. The van der Waals surface area contributed by atoms with Gasteiger partial charge in [0.2, 0.25) is 5.91 Å². The number of hydrogen-bond acceptors (Lipinski definition) is 6. The average Bonchev–Trinajstić information content (AvgIpc) is 2.89. The van der Waals surface area contributed by atoms with E-state index in [1.54, 1.807) is 57.0 Å². The van der Waals surface area contributed by atoms with Gasteiger partial charge in [0.15, 0.2) is 0 Å². The molecule has 0 aliphatic carbocycles. The number of rotatable bonds is 8. The van der Waals surface area contributed by atoms with Crippen LogP contribution in [0.1, 0.15) is 44.7 Å². The summed E-state index contributed by atoms with van der Waals surface area (Å²) in [5.41, 5.74) is 1.11. The Morgan fingerprint density at radius 1 is 1.22 bits per heavy atom. The van der Waals surface area contributed by atoms with Gasteiger partial charge in [0, 0.05) is 26.1 Å². The Labute approximate surface area is 210 Å². The van der Waals surface area contributed by atoms with E-state index in [0.29, 0.717) is 29.9 Å². The molecule has 0 saturated heterocycles. The lowest BCUT2D eigenvalue weighted by Gasteiger charge is -2.23. The predicted octanol–water partition coefficient (Wildman–Crippen LogP) is 3.14. The maximum Gasteiger partial charge on any atom is 0.507 e. The van der Waals surface area contributed by atoms with Gasteiger partial charge in [-0.3, -0.25) is 9.59 Å². The molecule has 1 unspecified atom stereocenters. The first kappa shape index (κ1) is 26.8. The average molecular weight is 500 g/mol. The summed E-state index contributed by atoms with van der Waals surface area (Å²) >= 11 is 0. The highest BCUT2D eigenvalue weighted by Gasteiger charge is 2.31. The molecule has 0 radical (unpaired) electrons. The van der Waals surface area contributed by atoms with Crippen molar-refractivity contribution in [1.29, 1.82) is 0 Å². The van der Waals surface area contributed by atoms with Gasteiger partial charge in [0.25, 0.3) is 5.82 Å². The van der Waals surface area contributed by atoms with E-state index in [1.807, 2.05) is 12.1 Å². The number of aromatic nitrogens is 1. The molecule has 36 heavy (non-hydrogen) atoms. The second kappa shape index (κ2) is 11.3. The molecule has 2 heterocycles. The number of amides is 2. The van der Waals surface area contributed by atoms with Gasteiger partial charge in [-0.2, -0.15) is 9.69 Å². The third-order valence-corrected chi connectivity index (χ3v) is 5.69. The number of benzene rings is 1. The fraction of sp³-hybridized carbons (Fsp3) is 0.462. The highest BCUT2D eigenvalue weighted by molar-refractivity contribution is 5.86. The number of pyridine rings is 1. The molecular formula is C26H33N3O7. The summed E-state index contributed by atoms with van der Waals surface area (Å²) in [6.45, 7) is 6.13. The van der Waals surface area contributed by atoms with Crippen LogP contribution in [0, 0.1) is 11.1 Å². The van der Waals surface area contributed by atoms with Crippen LogP contribution >= 0.6 is 0 Å². The summed E-state index contributed by atoms with van der Waals surface area (Å²) in [7, 11) is 1.66. The Bertz CT molecular complexity index is 1110. The fourth-order valence-electron chi connectivity index (χ4n) is 4.06. The Kier molecular flexibility index (Phi) is 8.39. The van der Waals surface area contributed by atoms with Crippen molar-refractivity contribution in [3.63, 3.8) is 0 Å². The number of carbonyl (C=O) groups excluding carboxylic acids is 2. The van der Waals surface area contributed by atoms with Gasteiger partial charge in [0.1, 0.15) is 17.9 Å². The van der Waals surface area contributed by atoms with Crippen LogP contribution in [0.4, 0.5) is 10.6 Å². The quantitative estimate of drug-likeness (QED) is 0.336. The Morgan fingerprint density at radius 3 is 2.64 bits per heavy atom. The van der Waals surface area contributed by atoms with Gasteiger partial charge in [-0.05, 0) is 56.5 Å². The van der Waals surface area contributed by atoms with Crippen molar-refractivity contribution in [2.45, 2.75) is 52.2 Å². The molecule has 0 bridgehead atoms. The molecule has 1 N–H and O–H groups in total. The zero-order valence-electron chi connectivity index (χ0n) is 21.1. The number of anilines is 1. The minimum atomic E-state index is -0.997. The number of ether oxygens (including phenoxy) is 2. The smallest absolute Gasteiger partial charge is 0.507 e. The van der Waals surface area contributed by atoms with Crippen molar-refractivity contribution in [3.8, 4) is 5.75 Å². The molecule has 2 aromatic rings. The Balaban J connectivity index is 1.65. The number of carbonyl (C=O) groups is 3. The highest BCUT2D eigenvalue weighted by Crippen LogP contribution is 2.27. The van der Waals surface area contributed by atoms with Crippen LogP contribution in [0.2, 0.25) is 0 Å². The predicted molar refractivity (Wildman–Crippen MR) is 131 cm³/mol. The first-order chi connectivity index (χ1) is 16.9. The summed E-state index contributed by atoms with van der Waals surface area (Å²) in [5.74, 6) is -1.01. The summed E-state index contributed by atoms with van der Waals surface area (Å²) in [6, 6.07) is 10.3. The topological polar surface area (TPSA) is 123 Å². The molecule has 1 aliphatic rings. The zero-order valence-corrected chi connectivity index (χ0v) is 21.1. The molecule has 1 aromatic heterocycles. The lowest BCUT2D eigenvalue weighted by atomic mass is 9.94. The van der Waals surface area contributed by atoms with E-state index in [4.69, 9.17) is 14.6 Å². The maximum absolute atomic E-state index is 12.8. The standard InChI is InChI=1S/C26H33N3O7/c1-26(2,3)36-25(33)28(22-8-5-6-12-29(22)34)11-7-13-35-21-10-9-18-14-19(16-23(30)31)24(32)27(4)17-20(18)15-21/h5-6,8-10,12,15,19H,7,11,13-14,16-17H2,1-4H3,(H,30,31). The summed E-state index contributed by atoms with van der Waals surface area (Å²) in [5, 5.41) is 21.4. The molecule has 194 valence electrons. The fourth-order valence-corrected chi connectivity index (χ4v) is 4.06. The van der Waals surface area contributed by atoms with E-state index in [0.717, 1.165) is 11.1 Å². The number of hydrogen-bond donors (Lipinski definition) is 1. The van der Waals surface area contributed by atoms with Crippen LogP contribution in [0.15, 0.2) is 42.6 Å². The van der Waals surface area contributed by atoms with Gasteiger partial charge < -0.3 is 24.7 Å². The molecule has 1 atom stereocenters. The number of carboxylic acids is 1. The van der Waals surface area contributed by atoms with E-state index in [1.165, 1.54) is 11.1 Å². The van der Waals surface area contributed by atoms with Gasteiger partial charge in [0.05, 0.1) is 25.1 Å². The van der Waals surface area contributed by atoms with E-state index >= 15 is 0 Å². The van der Waals surface area contributed by atoms with Crippen LogP contribution < -0.4 is 14.4 Å². The second-order valence-corrected chi connectivity index (χ2v) is 9.84. The Hall–Kier alpha value is -3.82. The lowest BCUT2D eigenvalue weighted by molar-refractivity contribution is -0.591. The highest BCUT2D eigenvalue weighted by atomic mass is 16.6. The van der Waals surface area contributed by atoms with Gasteiger partial charge in [-0.15, -0.1) is 0 Å². The van der Waals surface area contributed by atoms with Crippen LogP contribution in [0.25, 0.3) is 0 Å². The minimum Gasteiger partial charge on any atom is -0.711 e. The molecule has 10 nitrogen and oxygen atoms in total. The molecular weight excluding hydrogens is 466 g/mol. The first-order valence-corrected chi connectivity index (χ1v) is 11.8. The van der Waals surface area contributed by atoms with Crippen LogP contribution in [-0.2, 0) is 27.3 Å². The van der Waals surface area contributed by atoms with Gasteiger partial charge >= 0.3 is 12.1 Å². The van der Waals surface area contributed by atoms with Crippen molar-refractivity contribution in [2.24, 2.45) is 5.92 Å². The normalized spacial score (nSPS) is 15.6. The number of aliphatic carboxylic acids is 1. The van der Waals surface area contributed by atoms with Crippen molar-refractivity contribution in [2.75, 3.05) is 25.1 Å². The SMILES string of the molecule is CN1Cc2cc(OCCCN(C(=O)OC(C)(C)C)c3cccc[n+]3[O-])ccc2CC(CC(=O)O)C1=O. The van der Waals surface area contributed by atoms with E-state index in [-0.39, 0.29) is 31.3 Å². The van der Waals surface area contributed by atoms with Crippen LogP contribution in [0.3, 0.4) is 0 Å². The molecule has 1 aromatic carbocycles. The van der Waals surface area contributed by atoms with E-state index in [2.05, 4.69) is 0 Å². The lowest BCUT2D eigenvalue weighted by Crippen LogP contribution is -2.44. The van der Waals surface area contributed by atoms with E-state index in [9.17, 15) is 19.6 Å². The summed E-state index contributed by atoms with van der Waals surface area (Å²) in [4.78, 5) is 39.3. The molecule has 0 fully saturated rings. The largest absolute Gasteiger partial charge is 0.711 e. The Morgan fingerprint density at radius 2 is 1.97 bits per heavy atom. The third kappa shape index (κ3) is 7.10. The zero-order chi connectivity index (χ0) is 26.5. The third-order valence-electron chi connectivity index (χ3n) is 5.69. The summed E-state index contributed by atoms with van der Waals surface area (Å²) < 4.78 is 12.0. The first-order valence-electron chi connectivity index (χ1n) is 11.8. The van der Waals surface area contributed by atoms with Crippen LogP contribution in [0.5, 0.6) is 5.75 Å². The molecule has 3 rings (SSSR count). The number of carboxylic acid groups (broad SMARTS) is 1. The van der Waals surface area contributed by atoms with Crippen molar-refractivity contribution < 1.29 is 33.7 Å². The summed E-state index contributed by atoms with van der Waals surface area (Å²) in [6.07, 6.45) is 1.29. The number of fused-ring (bicyclic) bond motifs is 1. The minimum absolute atomic E-state index is 0.167. The molecule has 0 spiro atoms. The molecule has 10 heteroatoms. The van der Waals surface area contributed by atoms with Gasteiger partial charge in [-0.25, -0.2) is 4.73 Å². The molecule has 2 amide bonds. The van der Waals surface area contributed by atoms with Crippen molar-refractivity contribution in [3.05, 3.63) is 58.9 Å². The maximum atomic E-state index is 12.8. The van der Waals surface area contributed by atoms with Crippen LogP contribution in [-0.4, -0.2) is 53.8 Å². The second-order valence-electron chi connectivity index (χ2n) is 9.84. The monoisotopic (exact) mass is 499 g/mol. The van der Waals surface area contributed by atoms with Crippen molar-refractivity contribution >= 4 is 23.8 Å². The number of nitrogens with zero attached hydrogens (tertiary/aromatic N) is 3.